The minimum Gasteiger partial charge on any atom is -0.426 e. The Morgan fingerprint density at radius 1 is 0.929 bits per heavy atom. The van der Waals surface area contributed by atoms with Gasteiger partial charge < -0.3 is 5.21 Å². The third-order valence-electron chi connectivity index (χ3n) is 4.36. The van der Waals surface area contributed by atoms with E-state index < -0.39 is 5.82 Å². The molecule has 2 N–H and O–H groups in total. The zero-order valence-electron chi connectivity index (χ0n) is 14.0. The Labute approximate surface area is 173 Å². The average Bonchev–Trinajstić information content (AvgIpc) is 2.65. The van der Waals surface area contributed by atoms with Gasteiger partial charge in [0.05, 0.1) is 15.1 Å². The van der Waals surface area contributed by atoms with Crippen LogP contribution in [0.4, 0.5) is 4.39 Å². The Morgan fingerprint density at radius 3 is 2.32 bits per heavy atom. The molecule has 0 aliphatic carbocycles. The van der Waals surface area contributed by atoms with Crippen LogP contribution in [0.15, 0.2) is 54.7 Å². The molecule has 28 heavy (non-hydrogen) atoms. The molecule has 0 aliphatic rings. The lowest BCUT2D eigenvalue weighted by Crippen LogP contribution is -2.18. The van der Waals surface area contributed by atoms with E-state index in [2.05, 4.69) is 4.98 Å². The number of aromatic nitrogens is 2. The molecule has 4 aromatic rings. The van der Waals surface area contributed by atoms with E-state index in [1.54, 1.807) is 30.5 Å². The molecule has 0 saturated carbocycles. The summed E-state index contributed by atoms with van der Waals surface area (Å²) < 4.78 is 14.2. The second-order valence-corrected chi connectivity index (χ2v) is 7.25. The molecule has 0 unspecified atom stereocenters. The summed E-state index contributed by atoms with van der Waals surface area (Å²) in [6.45, 7) is 0. The fourth-order valence-electron chi connectivity index (χ4n) is 3.12. The first-order valence-corrected chi connectivity index (χ1v) is 9.20. The molecular weight excluding hydrogens is 424 g/mol. The largest absolute Gasteiger partial charge is 0.426 e. The van der Waals surface area contributed by atoms with E-state index in [0.29, 0.717) is 42.5 Å². The summed E-state index contributed by atoms with van der Waals surface area (Å²) in [6, 6.07) is 12.1. The molecule has 0 radical (unpaired) electrons. The molecule has 0 aliphatic heterocycles. The van der Waals surface area contributed by atoms with E-state index in [4.69, 9.17) is 40.2 Å². The first-order chi connectivity index (χ1) is 13.4. The highest BCUT2D eigenvalue weighted by Crippen LogP contribution is 2.39. The summed E-state index contributed by atoms with van der Waals surface area (Å²) in [4.78, 5) is 4.35. The number of rotatable bonds is 2. The van der Waals surface area contributed by atoms with Gasteiger partial charge >= 0.3 is 0 Å². The zero-order valence-corrected chi connectivity index (χ0v) is 16.3. The smallest absolute Gasteiger partial charge is 0.161 e. The summed E-state index contributed by atoms with van der Waals surface area (Å²) in [5.41, 5.74) is 1.83. The Morgan fingerprint density at radius 2 is 1.64 bits per heavy atom. The van der Waals surface area contributed by atoms with Gasteiger partial charge in [-0.1, -0.05) is 40.9 Å². The average molecular weight is 435 g/mol. The van der Waals surface area contributed by atoms with Gasteiger partial charge in [-0.2, -0.15) is 4.73 Å². The van der Waals surface area contributed by atoms with Crippen molar-refractivity contribution < 1.29 is 9.60 Å². The quantitative estimate of drug-likeness (QED) is 0.370. The monoisotopic (exact) mass is 433 g/mol. The van der Waals surface area contributed by atoms with E-state index in [0.717, 1.165) is 0 Å². The van der Waals surface area contributed by atoms with Crippen LogP contribution in [0.2, 0.25) is 15.1 Å². The van der Waals surface area contributed by atoms with Crippen molar-refractivity contribution in [2.24, 2.45) is 0 Å². The number of nitrogens with one attached hydrogen (secondary N) is 1. The van der Waals surface area contributed by atoms with Crippen LogP contribution >= 0.6 is 34.8 Å². The molecule has 0 spiro atoms. The van der Waals surface area contributed by atoms with Gasteiger partial charge in [0.1, 0.15) is 17.0 Å². The molecule has 2 aromatic carbocycles. The molecule has 2 aromatic heterocycles. The number of benzene rings is 2. The Kier molecular flexibility index (Phi) is 4.75. The molecule has 0 fully saturated rings. The first-order valence-electron chi connectivity index (χ1n) is 8.07. The van der Waals surface area contributed by atoms with Crippen molar-refractivity contribution >= 4 is 45.7 Å². The van der Waals surface area contributed by atoms with Crippen LogP contribution < -0.4 is 5.49 Å². The van der Waals surface area contributed by atoms with Crippen molar-refractivity contribution in [2.75, 3.05) is 0 Å². The van der Waals surface area contributed by atoms with E-state index in [1.807, 2.05) is 0 Å². The van der Waals surface area contributed by atoms with Gasteiger partial charge in [-0.25, -0.2) is 4.39 Å². The van der Waals surface area contributed by atoms with Gasteiger partial charge in [0, 0.05) is 22.7 Å². The third kappa shape index (κ3) is 3.02. The predicted molar refractivity (Wildman–Crippen MR) is 109 cm³/mol. The van der Waals surface area contributed by atoms with Gasteiger partial charge in [-0.05, 0) is 48.0 Å². The second-order valence-electron chi connectivity index (χ2n) is 6.03. The summed E-state index contributed by atoms with van der Waals surface area (Å²) in [5.74, 6) is -0.470. The lowest BCUT2D eigenvalue weighted by Gasteiger charge is -2.15. The minimum absolute atomic E-state index is 0.186. The molecule has 4 rings (SSSR count). The van der Waals surface area contributed by atoms with Crippen LogP contribution in [-0.2, 0) is 0 Å². The number of hydrogen-bond acceptors (Lipinski definition) is 3. The molecule has 4 nitrogen and oxygen atoms in total. The van der Waals surface area contributed by atoms with Crippen molar-refractivity contribution in [2.45, 2.75) is 0 Å². The van der Waals surface area contributed by atoms with Gasteiger partial charge in [0.25, 0.3) is 0 Å². The van der Waals surface area contributed by atoms with Crippen LogP contribution in [0.5, 0.6) is 0 Å². The Bertz CT molecular complexity index is 1280. The van der Waals surface area contributed by atoms with Crippen LogP contribution in [0.3, 0.4) is 0 Å². The highest BCUT2D eigenvalue weighted by molar-refractivity contribution is 6.39. The summed E-state index contributed by atoms with van der Waals surface area (Å²) in [7, 11) is 0. The molecule has 140 valence electrons. The van der Waals surface area contributed by atoms with Crippen LogP contribution in [-0.4, -0.2) is 14.9 Å². The highest BCUT2D eigenvalue weighted by atomic mass is 35.5. The number of halogens is 4. The molecule has 0 saturated heterocycles. The number of fused-ring (bicyclic) bond motifs is 1. The molecule has 8 heteroatoms. The topological polar surface area (TPSA) is 61.9 Å². The molecular formula is C20H11Cl3FN3O. The lowest BCUT2D eigenvalue weighted by atomic mass is 9.99. The minimum atomic E-state index is -0.470. The van der Waals surface area contributed by atoms with Crippen molar-refractivity contribution in [3.8, 4) is 22.4 Å². The van der Waals surface area contributed by atoms with E-state index in [1.165, 1.54) is 24.3 Å². The van der Waals surface area contributed by atoms with Gasteiger partial charge in [-0.15, -0.1) is 0 Å². The van der Waals surface area contributed by atoms with E-state index >= 15 is 0 Å². The normalized spacial score (nSPS) is 11.1. The summed E-state index contributed by atoms with van der Waals surface area (Å²) in [6.07, 6.45) is 1.54. The van der Waals surface area contributed by atoms with Crippen molar-refractivity contribution in [3.05, 3.63) is 81.1 Å². The second kappa shape index (κ2) is 7.09. The van der Waals surface area contributed by atoms with Crippen molar-refractivity contribution in [3.63, 3.8) is 0 Å². The number of nitrogens with zero attached hydrogens (tertiary/aromatic N) is 2. The fourth-order valence-corrected chi connectivity index (χ4v) is 3.97. The third-order valence-corrected chi connectivity index (χ3v) is 5.30. The van der Waals surface area contributed by atoms with Crippen molar-refractivity contribution in [1.82, 2.24) is 9.71 Å². The summed E-state index contributed by atoms with van der Waals surface area (Å²) >= 11 is 18.9. The van der Waals surface area contributed by atoms with Crippen LogP contribution in [0.25, 0.3) is 33.3 Å². The van der Waals surface area contributed by atoms with Gasteiger partial charge in [-0.3, -0.25) is 10.4 Å². The SMILES string of the molecule is N=c1cc(-c2ccc(F)cc2Cl)c2ccnc(-c3c(Cl)cccc3Cl)c2n1O. The van der Waals surface area contributed by atoms with Crippen LogP contribution in [0, 0.1) is 11.2 Å². The maximum Gasteiger partial charge on any atom is 0.161 e. The molecule has 0 atom stereocenters. The van der Waals surface area contributed by atoms with E-state index in [-0.39, 0.29) is 16.0 Å². The summed E-state index contributed by atoms with van der Waals surface area (Å²) in [5, 5.41) is 20.2. The first kappa shape index (κ1) is 18.7. The van der Waals surface area contributed by atoms with E-state index in [9.17, 15) is 9.60 Å². The lowest BCUT2D eigenvalue weighted by molar-refractivity contribution is 0.184. The molecule has 2 heterocycles. The predicted octanol–water partition coefficient (Wildman–Crippen LogP) is 6.19. The van der Waals surface area contributed by atoms with Gasteiger partial charge in [0.2, 0.25) is 0 Å². The molecule has 0 bridgehead atoms. The van der Waals surface area contributed by atoms with Crippen LogP contribution in [0.1, 0.15) is 0 Å². The standard InChI is InChI=1S/C20H11Cl3FN3O/c21-14-2-1-3-15(22)18(14)19-20-12(6-7-26-19)13(9-17(25)27(20)28)11-5-4-10(24)8-16(11)23/h1-9,25,28H. The van der Waals surface area contributed by atoms with Crippen molar-refractivity contribution in [1.29, 1.82) is 5.41 Å². The maximum atomic E-state index is 13.5. The number of pyridine rings is 2. The zero-order chi connectivity index (χ0) is 20.0. The Balaban J connectivity index is 2.15. The fraction of sp³-hybridized carbons (Fsp3) is 0. The maximum absolute atomic E-state index is 13.5. The Hall–Kier alpha value is -2.60. The van der Waals surface area contributed by atoms with Gasteiger partial charge in [0.15, 0.2) is 5.49 Å². The highest BCUT2D eigenvalue weighted by Gasteiger charge is 2.19. The number of hydrogen-bond donors (Lipinski definition) is 2. The molecule has 0 amide bonds.